The lowest BCUT2D eigenvalue weighted by Crippen LogP contribution is -2.57. The number of hydrogen-bond acceptors (Lipinski definition) is 9. The Hall–Kier alpha value is -1.36. The second-order valence-corrected chi connectivity index (χ2v) is 12.0. The number of cyclic esters (lactones) is 1. The summed E-state index contributed by atoms with van der Waals surface area (Å²) in [5.74, 6) is -1.51. The first-order valence-corrected chi connectivity index (χ1v) is 13.8. The van der Waals surface area contributed by atoms with Gasteiger partial charge >= 0.3 is 5.97 Å². The second-order valence-electron chi connectivity index (χ2n) is 12.0. The summed E-state index contributed by atoms with van der Waals surface area (Å²) in [5, 5.41) is 21.8. The summed E-state index contributed by atoms with van der Waals surface area (Å²) in [6.07, 6.45) is -0.240. The zero-order valence-corrected chi connectivity index (χ0v) is 24.9. The highest BCUT2D eigenvalue weighted by Crippen LogP contribution is 2.37. The topological polar surface area (TPSA) is 121 Å². The van der Waals surface area contributed by atoms with E-state index >= 15 is 0 Å². The van der Waals surface area contributed by atoms with Gasteiger partial charge in [0.1, 0.15) is 17.8 Å². The van der Waals surface area contributed by atoms with Gasteiger partial charge in [-0.2, -0.15) is 0 Å². The van der Waals surface area contributed by atoms with Gasteiger partial charge in [-0.1, -0.05) is 13.8 Å². The van der Waals surface area contributed by atoms with Crippen LogP contribution < -0.4 is 0 Å². The van der Waals surface area contributed by atoms with Gasteiger partial charge in [-0.15, -0.1) is 0 Å². The van der Waals surface area contributed by atoms with Gasteiger partial charge in [-0.05, 0) is 78.4 Å². The van der Waals surface area contributed by atoms with E-state index in [0.717, 1.165) is 0 Å². The Labute approximate surface area is 228 Å². The van der Waals surface area contributed by atoms with E-state index in [1.54, 1.807) is 41.9 Å². The van der Waals surface area contributed by atoms with Crippen molar-refractivity contribution in [2.75, 3.05) is 14.2 Å². The maximum atomic E-state index is 13.5. The zero-order valence-electron chi connectivity index (χ0n) is 24.9. The molecule has 0 aromatic heterocycles. The number of carbonyl (C=O) groups is 2. The fraction of sp³-hybridized carbons (Fsp3) is 0.862. The molecule has 2 N–H and O–H groups in total. The van der Waals surface area contributed by atoms with Crippen LogP contribution >= 0.6 is 0 Å². The van der Waals surface area contributed by atoms with E-state index < -0.39 is 59.4 Å². The first-order valence-electron chi connectivity index (χ1n) is 13.8. The molecule has 10 atom stereocenters. The van der Waals surface area contributed by atoms with Crippen molar-refractivity contribution in [2.24, 2.45) is 11.8 Å². The highest BCUT2D eigenvalue weighted by Gasteiger charge is 2.47. The summed E-state index contributed by atoms with van der Waals surface area (Å²) in [7, 11) is 3.16. The molecule has 2 aliphatic rings. The van der Waals surface area contributed by atoms with Crippen LogP contribution in [0.4, 0.5) is 0 Å². The molecule has 0 unspecified atom stereocenters. The van der Waals surface area contributed by atoms with Crippen molar-refractivity contribution in [3.8, 4) is 0 Å². The Bertz CT molecular complexity index is 855. The molecule has 220 valence electrons. The highest BCUT2D eigenvalue weighted by molar-refractivity contribution is 5.94. The average molecular weight is 543 g/mol. The lowest BCUT2D eigenvalue weighted by molar-refractivity contribution is -0.296. The van der Waals surface area contributed by atoms with Crippen molar-refractivity contribution in [3.63, 3.8) is 0 Å². The third-order valence-corrected chi connectivity index (χ3v) is 8.57. The molecule has 0 radical (unpaired) electrons. The number of Topliss-reactive ketones (excluding diaryl/α,β-unsaturated/α-hetero) is 1. The summed E-state index contributed by atoms with van der Waals surface area (Å²) in [6, 6.07) is 0. The average Bonchev–Trinajstić information content (AvgIpc) is 2.85. The Morgan fingerprint density at radius 1 is 1.08 bits per heavy atom. The van der Waals surface area contributed by atoms with Crippen molar-refractivity contribution in [1.82, 2.24) is 0 Å². The molecule has 2 heterocycles. The van der Waals surface area contributed by atoms with Crippen LogP contribution in [0.15, 0.2) is 11.6 Å². The molecule has 9 heteroatoms. The molecule has 0 aliphatic carbocycles. The number of ketones is 1. The Morgan fingerprint density at radius 3 is 2.26 bits per heavy atom. The molecule has 9 nitrogen and oxygen atoms in total. The summed E-state index contributed by atoms with van der Waals surface area (Å²) >= 11 is 0. The molecule has 0 aromatic carbocycles. The second kappa shape index (κ2) is 12.9. The number of allylic oxidation sites excluding steroid dienone is 1. The molecule has 1 saturated heterocycles. The SMILES string of the molecule is CC[C@H]1OC(=O)[C@H](C)[C@@H](O[C@H]2C[C@@](C)(OC)[C@@H](O)[C@H](C)O2)[C@H](C)C[C@](C)(OC)CCC(=O)/C(C)=C/[C@]1(C)O. The molecule has 0 saturated carbocycles. The van der Waals surface area contributed by atoms with Gasteiger partial charge in [0.15, 0.2) is 12.1 Å². The van der Waals surface area contributed by atoms with Crippen LogP contribution in [0, 0.1) is 11.8 Å². The van der Waals surface area contributed by atoms with E-state index in [4.69, 9.17) is 23.7 Å². The predicted molar refractivity (Wildman–Crippen MR) is 142 cm³/mol. The third kappa shape index (κ3) is 7.64. The maximum absolute atomic E-state index is 13.5. The fourth-order valence-corrected chi connectivity index (χ4v) is 5.78. The quantitative estimate of drug-likeness (QED) is 0.501. The summed E-state index contributed by atoms with van der Waals surface area (Å²) < 4.78 is 29.8. The molecule has 0 spiro atoms. The molecule has 0 amide bonds. The molecule has 0 aromatic rings. The Balaban J connectivity index is 2.47. The lowest BCUT2D eigenvalue weighted by atomic mass is 9.81. The number of aliphatic hydroxyl groups is 2. The van der Waals surface area contributed by atoms with Crippen molar-refractivity contribution in [3.05, 3.63) is 11.6 Å². The van der Waals surface area contributed by atoms with E-state index in [9.17, 15) is 19.8 Å². The van der Waals surface area contributed by atoms with Gasteiger partial charge in [0, 0.05) is 27.1 Å². The van der Waals surface area contributed by atoms with Crippen molar-refractivity contribution >= 4 is 11.8 Å². The minimum absolute atomic E-state index is 0.0948. The summed E-state index contributed by atoms with van der Waals surface area (Å²) in [5.41, 5.74) is -2.64. The van der Waals surface area contributed by atoms with Crippen molar-refractivity contribution in [1.29, 1.82) is 0 Å². The lowest BCUT2D eigenvalue weighted by Gasteiger charge is -2.46. The first-order chi connectivity index (χ1) is 17.5. The largest absolute Gasteiger partial charge is 0.459 e. The summed E-state index contributed by atoms with van der Waals surface area (Å²) in [6.45, 7) is 14.3. The van der Waals surface area contributed by atoms with E-state index in [1.165, 1.54) is 6.08 Å². The molecular weight excluding hydrogens is 492 g/mol. The van der Waals surface area contributed by atoms with E-state index in [2.05, 4.69) is 0 Å². The van der Waals surface area contributed by atoms with Crippen LogP contribution in [-0.4, -0.2) is 83.7 Å². The predicted octanol–water partition coefficient (Wildman–Crippen LogP) is 3.72. The fourth-order valence-electron chi connectivity index (χ4n) is 5.78. The van der Waals surface area contributed by atoms with Gasteiger partial charge in [0.2, 0.25) is 0 Å². The molecule has 0 bridgehead atoms. The third-order valence-electron chi connectivity index (χ3n) is 8.57. The number of hydrogen-bond donors (Lipinski definition) is 2. The molecule has 2 rings (SSSR count). The van der Waals surface area contributed by atoms with Crippen LogP contribution in [-0.2, 0) is 33.3 Å². The number of ether oxygens (including phenoxy) is 5. The summed E-state index contributed by atoms with van der Waals surface area (Å²) in [4.78, 5) is 26.4. The molecular formula is C29H50O9. The van der Waals surface area contributed by atoms with Crippen LogP contribution in [0.25, 0.3) is 0 Å². The molecule has 1 fully saturated rings. The van der Waals surface area contributed by atoms with Crippen LogP contribution in [0.1, 0.15) is 87.5 Å². The van der Waals surface area contributed by atoms with Gasteiger partial charge < -0.3 is 33.9 Å². The number of rotatable bonds is 5. The smallest absolute Gasteiger partial charge is 0.311 e. The highest BCUT2D eigenvalue weighted by atomic mass is 16.7. The molecule has 38 heavy (non-hydrogen) atoms. The van der Waals surface area contributed by atoms with Crippen LogP contribution in [0.2, 0.25) is 0 Å². The number of aliphatic hydroxyl groups excluding tert-OH is 1. The van der Waals surface area contributed by atoms with Crippen molar-refractivity contribution < 1.29 is 43.5 Å². The van der Waals surface area contributed by atoms with E-state index in [1.807, 2.05) is 27.7 Å². The maximum Gasteiger partial charge on any atom is 0.311 e. The minimum atomic E-state index is -1.53. The van der Waals surface area contributed by atoms with Crippen LogP contribution in [0.5, 0.6) is 0 Å². The number of methoxy groups -OCH3 is 2. The van der Waals surface area contributed by atoms with Gasteiger partial charge in [0.05, 0.1) is 29.3 Å². The van der Waals surface area contributed by atoms with Crippen LogP contribution in [0.3, 0.4) is 0 Å². The van der Waals surface area contributed by atoms with E-state index in [0.29, 0.717) is 24.8 Å². The van der Waals surface area contributed by atoms with Gasteiger partial charge in [0.25, 0.3) is 0 Å². The normalized spacial score (nSPS) is 45.6. The Morgan fingerprint density at radius 2 is 1.71 bits per heavy atom. The van der Waals surface area contributed by atoms with Crippen molar-refractivity contribution in [2.45, 2.75) is 135 Å². The standard InChI is InChI=1S/C29H50O9/c1-11-22-28(7,33)15-17(2)21(30)12-13-27(6,34-9)14-18(3)24(19(4)26(32)37-22)38-23-16-29(8,35-10)25(31)20(5)36-23/h15,18-20,22-25,31,33H,11-14,16H2,1-10H3/b17-15+/t18-,19-,20+,22-,23+,24+,25+,27-,28+,29-/m1/s1. The van der Waals surface area contributed by atoms with Gasteiger partial charge in [-0.25, -0.2) is 0 Å². The first kappa shape index (κ1) is 32.8. The Kier molecular flexibility index (Phi) is 11.1. The molecule has 2 aliphatic heterocycles. The van der Waals surface area contributed by atoms with E-state index in [-0.39, 0.29) is 24.5 Å². The monoisotopic (exact) mass is 542 g/mol. The number of carbonyl (C=O) groups excluding carboxylic acids is 2. The zero-order chi connectivity index (χ0) is 29.1. The minimum Gasteiger partial charge on any atom is -0.459 e. The number of esters is 1. The van der Waals surface area contributed by atoms with Gasteiger partial charge in [-0.3, -0.25) is 9.59 Å².